The number of thiophene rings is 1. The minimum atomic E-state index is -0.600. The summed E-state index contributed by atoms with van der Waals surface area (Å²) in [7, 11) is 0. The number of aryl methyl sites for hydroxylation is 2. The molecule has 0 bridgehead atoms. The van der Waals surface area contributed by atoms with Gasteiger partial charge in [-0.15, -0.1) is 22.7 Å². The van der Waals surface area contributed by atoms with Crippen LogP contribution < -0.4 is 11.1 Å². The molecule has 1 amide bonds. The van der Waals surface area contributed by atoms with Crippen LogP contribution in [0.25, 0.3) is 0 Å². The second-order valence-corrected chi connectivity index (χ2v) is 6.62. The highest BCUT2D eigenvalue weighted by molar-refractivity contribution is 7.11. The van der Waals surface area contributed by atoms with Gasteiger partial charge in [0.2, 0.25) is 5.91 Å². The summed E-state index contributed by atoms with van der Waals surface area (Å²) in [4.78, 5) is 18.4. The Bertz CT molecular complexity index is 562. The molecule has 0 aromatic carbocycles. The molecule has 0 aliphatic rings. The molecule has 2 aromatic heterocycles. The van der Waals surface area contributed by atoms with Gasteiger partial charge in [-0.1, -0.05) is 6.07 Å². The van der Waals surface area contributed by atoms with Crippen molar-refractivity contribution >= 4 is 28.6 Å². The Morgan fingerprint density at radius 1 is 1.47 bits per heavy atom. The van der Waals surface area contributed by atoms with Gasteiger partial charge in [0.25, 0.3) is 0 Å². The molecule has 2 aromatic rings. The lowest BCUT2D eigenvalue weighted by Gasteiger charge is -2.16. The van der Waals surface area contributed by atoms with Crippen molar-refractivity contribution in [1.29, 1.82) is 0 Å². The van der Waals surface area contributed by atoms with Gasteiger partial charge in [-0.25, -0.2) is 4.98 Å². The Morgan fingerprint density at radius 2 is 2.21 bits per heavy atom. The first-order chi connectivity index (χ1) is 8.99. The van der Waals surface area contributed by atoms with E-state index in [9.17, 15) is 4.79 Å². The number of aromatic nitrogens is 1. The van der Waals surface area contributed by atoms with Crippen LogP contribution >= 0.6 is 22.7 Å². The summed E-state index contributed by atoms with van der Waals surface area (Å²) < 4.78 is 0. The summed E-state index contributed by atoms with van der Waals surface area (Å²) in [6.45, 7) is 5.88. The number of carbonyl (C=O) groups is 1. The molecule has 102 valence electrons. The van der Waals surface area contributed by atoms with Crippen molar-refractivity contribution in [2.75, 3.05) is 0 Å². The molecule has 0 fully saturated rings. The lowest BCUT2D eigenvalue weighted by molar-refractivity contribution is -0.123. The molecule has 2 heterocycles. The zero-order valence-corrected chi connectivity index (χ0v) is 12.8. The first-order valence-corrected chi connectivity index (χ1v) is 7.72. The Labute approximate surface area is 120 Å². The smallest absolute Gasteiger partial charge is 0.242 e. The molecule has 3 N–H and O–H groups in total. The van der Waals surface area contributed by atoms with Crippen molar-refractivity contribution in [3.8, 4) is 0 Å². The molecule has 2 rings (SSSR count). The molecular formula is C13H17N3OS2. The van der Waals surface area contributed by atoms with Gasteiger partial charge in [0, 0.05) is 9.75 Å². The zero-order chi connectivity index (χ0) is 14.0. The fourth-order valence-electron chi connectivity index (χ4n) is 1.91. The van der Waals surface area contributed by atoms with E-state index in [1.165, 1.54) is 11.3 Å². The van der Waals surface area contributed by atoms with E-state index in [1.807, 2.05) is 38.3 Å². The highest BCUT2D eigenvalue weighted by Crippen LogP contribution is 2.25. The van der Waals surface area contributed by atoms with Gasteiger partial charge in [0.1, 0.15) is 6.04 Å². The van der Waals surface area contributed by atoms with Crippen LogP contribution in [0.3, 0.4) is 0 Å². The van der Waals surface area contributed by atoms with Crippen LogP contribution in [-0.4, -0.2) is 10.9 Å². The molecule has 0 spiro atoms. The van der Waals surface area contributed by atoms with Gasteiger partial charge in [-0.2, -0.15) is 0 Å². The quantitative estimate of drug-likeness (QED) is 0.911. The maximum atomic E-state index is 12.1. The van der Waals surface area contributed by atoms with Crippen molar-refractivity contribution in [2.24, 2.45) is 5.73 Å². The normalized spacial score (nSPS) is 14.1. The first-order valence-electron chi connectivity index (χ1n) is 6.02. The molecule has 0 aliphatic carbocycles. The average molecular weight is 295 g/mol. The molecule has 0 aliphatic heterocycles. The van der Waals surface area contributed by atoms with Gasteiger partial charge < -0.3 is 11.1 Å². The molecule has 19 heavy (non-hydrogen) atoms. The van der Waals surface area contributed by atoms with E-state index in [0.29, 0.717) is 0 Å². The number of nitrogens with zero attached hydrogens (tertiary/aromatic N) is 1. The summed E-state index contributed by atoms with van der Waals surface area (Å²) in [5.74, 6) is -0.152. The number of nitrogens with two attached hydrogens (primary N) is 1. The predicted molar refractivity (Wildman–Crippen MR) is 79.4 cm³/mol. The van der Waals surface area contributed by atoms with Crippen molar-refractivity contribution in [1.82, 2.24) is 10.3 Å². The SMILES string of the molecule is Cc1nc(C)c(C(C)NC(=O)C(N)c2cccs2)s1. The van der Waals surface area contributed by atoms with Crippen LogP contribution in [0.4, 0.5) is 0 Å². The highest BCUT2D eigenvalue weighted by Gasteiger charge is 2.21. The third kappa shape index (κ3) is 3.20. The van der Waals surface area contributed by atoms with Crippen molar-refractivity contribution in [3.05, 3.63) is 38.0 Å². The van der Waals surface area contributed by atoms with Crippen LogP contribution in [0, 0.1) is 13.8 Å². The predicted octanol–water partition coefficient (Wildman–Crippen LogP) is 2.70. The van der Waals surface area contributed by atoms with E-state index in [4.69, 9.17) is 5.73 Å². The number of thiazole rings is 1. The van der Waals surface area contributed by atoms with E-state index in [-0.39, 0.29) is 11.9 Å². The zero-order valence-electron chi connectivity index (χ0n) is 11.1. The molecule has 0 saturated carbocycles. The Balaban J connectivity index is 2.05. The van der Waals surface area contributed by atoms with Crippen molar-refractivity contribution in [2.45, 2.75) is 32.9 Å². The number of carbonyl (C=O) groups excluding carboxylic acids is 1. The fraction of sp³-hybridized carbons (Fsp3) is 0.385. The van der Waals surface area contributed by atoms with Gasteiger partial charge in [-0.05, 0) is 32.2 Å². The maximum absolute atomic E-state index is 12.1. The first kappa shape index (κ1) is 14.2. The van der Waals surface area contributed by atoms with Crippen LogP contribution in [0.1, 0.15) is 39.5 Å². The van der Waals surface area contributed by atoms with Crippen LogP contribution in [0.5, 0.6) is 0 Å². The number of rotatable bonds is 4. The van der Waals surface area contributed by atoms with Crippen LogP contribution in [0.2, 0.25) is 0 Å². The number of hydrogen-bond acceptors (Lipinski definition) is 5. The van der Waals surface area contributed by atoms with Gasteiger partial charge in [0.05, 0.1) is 16.7 Å². The summed E-state index contributed by atoms with van der Waals surface area (Å²) in [5, 5.41) is 5.88. The summed E-state index contributed by atoms with van der Waals surface area (Å²) in [6, 6.07) is 3.11. The van der Waals surface area contributed by atoms with Gasteiger partial charge >= 0.3 is 0 Å². The lowest BCUT2D eigenvalue weighted by Crippen LogP contribution is -2.35. The van der Waals surface area contributed by atoms with E-state index >= 15 is 0 Å². The highest BCUT2D eigenvalue weighted by atomic mass is 32.1. The minimum Gasteiger partial charge on any atom is -0.347 e. The molecule has 0 radical (unpaired) electrons. The monoisotopic (exact) mass is 295 g/mol. The van der Waals surface area contributed by atoms with Crippen LogP contribution in [-0.2, 0) is 4.79 Å². The molecule has 4 nitrogen and oxygen atoms in total. The second-order valence-electron chi connectivity index (χ2n) is 4.41. The molecule has 2 unspecified atom stereocenters. The second kappa shape index (κ2) is 5.81. The molecular weight excluding hydrogens is 278 g/mol. The average Bonchev–Trinajstić information content (AvgIpc) is 2.97. The summed E-state index contributed by atoms with van der Waals surface area (Å²) in [6.07, 6.45) is 0. The van der Waals surface area contributed by atoms with E-state index in [0.717, 1.165) is 20.5 Å². The Hall–Kier alpha value is -1.24. The minimum absolute atomic E-state index is 0.0651. The van der Waals surface area contributed by atoms with E-state index in [1.54, 1.807) is 11.3 Å². The molecule has 6 heteroatoms. The van der Waals surface area contributed by atoms with Crippen molar-refractivity contribution in [3.63, 3.8) is 0 Å². The Morgan fingerprint density at radius 3 is 2.74 bits per heavy atom. The van der Waals surface area contributed by atoms with Crippen molar-refractivity contribution < 1.29 is 4.79 Å². The number of hydrogen-bond donors (Lipinski definition) is 2. The summed E-state index contributed by atoms with van der Waals surface area (Å²) >= 11 is 3.10. The lowest BCUT2D eigenvalue weighted by atomic mass is 10.2. The van der Waals surface area contributed by atoms with Crippen LogP contribution in [0.15, 0.2) is 17.5 Å². The van der Waals surface area contributed by atoms with E-state index in [2.05, 4.69) is 10.3 Å². The topological polar surface area (TPSA) is 68.0 Å². The largest absolute Gasteiger partial charge is 0.347 e. The molecule has 0 saturated heterocycles. The molecule has 2 atom stereocenters. The van der Waals surface area contributed by atoms with Gasteiger partial charge in [0.15, 0.2) is 0 Å². The fourth-order valence-corrected chi connectivity index (χ4v) is 3.57. The third-order valence-electron chi connectivity index (χ3n) is 2.82. The maximum Gasteiger partial charge on any atom is 0.242 e. The van der Waals surface area contributed by atoms with E-state index < -0.39 is 6.04 Å². The number of nitrogens with one attached hydrogen (secondary N) is 1. The standard InChI is InChI=1S/C13H17N3OS2/c1-7-12(19-9(3)15-7)8(2)16-13(17)11(14)10-5-4-6-18-10/h4-6,8,11H,14H2,1-3H3,(H,16,17). The Kier molecular flexibility index (Phi) is 4.34. The van der Waals surface area contributed by atoms with Gasteiger partial charge in [-0.3, -0.25) is 4.79 Å². The number of amides is 1. The third-order valence-corrected chi connectivity index (χ3v) is 5.03. The summed E-state index contributed by atoms with van der Waals surface area (Å²) in [5.41, 5.74) is 6.91.